The van der Waals surface area contributed by atoms with Crippen LogP contribution in [0.4, 0.5) is 0 Å². The number of aromatic hydroxyl groups is 1. The van der Waals surface area contributed by atoms with E-state index in [0.29, 0.717) is 11.5 Å². The van der Waals surface area contributed by atoms with Gasteiger partial charge in [-0.1, -0.05) is 32.0 Å². The maximum absolute atomic E-state index is 13.2. The standard InChI is InChI=1S/C20H20O2S/c1-11(2)20-17(15-7-5-6-8-16(15)23-20)19(22)14-9-12(3)18(21)13(4)10-14/h5-11,21H,1-4H3. The zero-order valence-electron chi connectivity index (χ0n) is 13.8. The lowest BCUT2D eigenvalue weighted by molar-refractivity contribution is 0.103. The molecule has 1 aromatic heterocycles. The van der Waals surface area contributed by atoms with Gasteiger partial charge in [0.1, 0.15) is 5.75 Å². The highest BCUT2D eigenvalue weighted by Crippen LogP contribution is 2.37. The van der Waals surface area contributed by atoms with Crippen molar-refractivity contribution in [2.45, 2.75) is 33.6 Å². The second-order valence-corrected chi connectivity index (χ2v) is 7.36. The number of carbonyl (C=O) groups excluding carboxylic acids is 1. The molecule has 0 amide bonds. The van der Waals surface area contributed by atoms with Crippen LogP contribution in [-0.2, 0) is 0 Å². The largest absolute Gasteiger partial charge is 0.507 e. The number of phenolic OH excluding ortho intramolecular Hbond substituents is 1. The molecule has 2 aromatic carbocycles. The number of benzene rings is 2. The fourth-order valence-corrected chi connectivity index (χ4v) is 4.14. The van der Waals surface area contributed by atoms with E-state index in [0.717, 1.165) is 31.7 Å². The first kappa shape index (κ1) is 15.8. The Morgan fingerprint density at radius 2 is 1.70 bits per heavy atom. The van der Waals surface area contributed by atoms with Gasteiger partial charge in [0.15, 0.2) is 5.78 Å². The summed E-state index contributed by atoms with van der Waals surface area (Å²) in [6.07, 6.45) is 0. The van der Waals surface area contributed by atoms with Gasteiger partial charge in [-0.05, 0) is 49.1 Å². The summed E-state index contributed by atoms with van der Waals surface area (Å²) in [7, 11) is 0. The van der Waals surface area contributed by atoms with E-state index in [1.54, 1.807) is 23.5 Å². The average Bonchev–Trinajstić information content (AvgIpc) is 2.91. The van der Waals surface area contributed by atoms with Crippen LogP contribution in [0.2, 0.25) is 0 Å². The summed E-state index contributed by atoms with van der Waals surface area (Å²) in [5.41, 5.74) is 2.92. The van der Waals surface area contributed by atoms with Gasteiger partial charge in [-0.25, -0.2) is 0 Å². The lowest BCUT2D eigenvalue weighted by Crippen LogP contribution is -2.05. The third kappa shape index (κ3) is 2.66. The molecule has 0 aliphatic heterocycles. The Kier molecular flexibility index (Phi) is 3.99. The summed E-state index contributed by atoms with van der Waals surface area (Å²) in [6.45, 7) is 7.89. The molecule has 0 saturated heterocycles. The van der Waals surface area contributed by atoms with Gasteiger partial charge in [0.2, 0.25) is 0 Å². The van der Waals surface area contributed by atoms with Crippen LogP contribution in [0.15, 0.2) is 36.4 Å². The summed E-state index contributed by atoms with van der Waals surface area (Å²) < 4.78 is 1.15. The van der Waals surface area contributed by atoms with E-state index < -0.39 is 0 Å². The lowest BCUT2D eigenvalue weighted by Gasteiger charge is -2.10. The molecule has 0 radical (unpaired) electrons. The van der Waals surface area contributed by atoms with E-state index >= 15 is 0 Å². The number of hydrogen-bond acceptors (Lipinski definition) is 3. The van der Waals surface area contributed by atoms with E-state index in [4.69, 9.17) is 0 Å². The molecule has 0 fully saturated rings. The Bertz CT molecular complexity index is 880. The zero-order valence-corrected chi connectivity index (χ0v) is 14.6. The van der Waals surface area contributed by atoms with E-state index in [1.165, 1.54) is 0 Å². The first-order valence-corrected chi connectivity index (χ1v) is 8.58. The third-order valence-corrected chi connectivity index (χ3v) is 5.60. The molecule has 1 heterocycles. The molecule has 0 saturated carbocycles. The topological polar surface area (TPSA) is 37.3 Å². The Labute approximate surface area is 140 Å². The summed E-state index contributed by atoms with van der Waals surface area (Å²) in [6, 6.07) is 11.6. The Balaban J connectivity index is 2.23. The van der Waals surface area contributed by atoms with Gasteiger partial charge in [0.05, 0.1) is 0 Å². The third-order valence-electron chi connectivity index (χ3n) is 4.13. The smallest absolute Gasteiger partial charge is 0.194 e. The van der Waals surface area contributed by atoms with Gasteiger partial charge in [0, 0.05) is 26.1 Å². The number of thiophene rings is 1. The monoisotopic (exact) mass is 324 g/mol. The molecule has 3 heteroatoms. The molecule has 0 bridgehead atoms. The van der Waals surface area contributed by atoms with Crippen LogP contribution in [-0.4, -0.2) is 10.9 Å². The van der Waals surface area contributed by atoms with Crippen molar-refractivity contribution in [2.75, 3.05) is 0 Å². The maximum Gasteiger partial charge on any atom is 0.194 e. The minimum Gasteiger partial charge on any atom is -0.507 e. The minimum absolute atomic E-state index is 0.0392. The van der Waals surface area contributed by atoms with Gasteiger partial charge in [-0.2, -0.15) is 0 Å². The maximum atomic E-state index is 13.2. The van der Waals surface area contributed by atoms with Crippen molar-refractivity contribution in [3.8, 4) is 5.75 Å². The van der Waals surface area contributed by atoms with Gasteiger partial charge in [-0.15, -0.1) is 11.3 Å². The molecule has 0 aliphatic carbocycles. The fraction of sp³-hybridized carbons (Fsp3) is 0.250. The Morgan fingerprint density at radius 1 is 1.09 bits per heavy atom. The van der Waals surface area contributed by atoms with Crippen LogP contribution < -0.4 is 0 Å². The Morgan fingerprint density at radius 3 is 2.30 bits per heavy atom. The number of hydrogen-bond donors (Lipinski definition) is 1. The van der Waals surface area contributed by atoms with E-state index in [9.17, 15) is 9.90 Å². The molecule has 2 nitrogen and oxygen atoms in total. The van der Waals surface area contributed by atoms with E-state index in [2.05, 4.69) is 19.9 Å². The SMILES string of the molecule is Cc1cc(C(=O)c2c(C(C)C)sc3ccccc23)cc(C)c1O. The van der Waals surface area contributed by atoms with Gasteiger partial charge in [0.25, 0.3) is 0 Å². The average molecular weight is 324 g/mol. The first-order valence-electron chi connectivity index (χ1n) is 7.76. The van der Waals surface area contributed by atoms with Gasteiger partial charge < -0.3 is 5.11 Å². The number of carbonyl (C=O) groups is 1. The summed E-state index contributed by atoms with van der Waals surface area (Å²) in [5.74, 6) is 0.601. The minimum atomic E-state index is 0.0392. The van der Waals surface area contributed by atoms with E-state index in [-0.39, 0.29) is 11.5 Å². The predicted molar refractivity (Wildman–Crippen MR) is 96.9 cm³/mol. The van der Waals surface area contributed by atoms with E-state index in [1.807, 2.05) is 32.0 Å². The van der Waals surface area contributed by atoms with Crippen molar-refractivity contribution in [1.29, 1.82) is 0 Å². The summed E-state index contributed by atoms with van der Waals surface area (Å²) >= 11 is 1.70. The predicted octanol–water partition coefficient (Wildman–Crippen LogP) is 5.58. The van der Waals surface area contributed by atoms with Crippen molar-refractivity contribution < 1.29 is 9.90 Å². The van der Waals surface area contributed by atoms with Crippen LogP contribution >= 0.6 is 11.3 Å². The quantitative estimate of drug-likeness (QED) is 0.639. The first-order chi connectivity index (χ1) is 10.9. The normalized spacial score (nSPS) is 11.3. The van der Waals surface area contributed by atoms with Gasteiger partial charge in [-0.3, -0.25) is 4.79 Å². The molecule has 0 spiro atoms. The number of rotatable bonds is 3. The molecule has 118 valence electrons. The molecule has 0 aliphatic rings. The molecule has 1 N–H and O–H groups in total. The Hall–Kier alpha value is -2.13. The van der Waals surface area contributed by atoms with Crippen LogP contribution in [0.25, 0.3) is 10.1 Å². The second kappa shape index (κ2) is 5.82. The molecule has 3 rings (SSSR count). The molecule has 3 aromatic rings. The number of phenols is 1. The molecule has 0 unspecified atom stereocenters. The van der Waals surface area contributed by atoms with Crippen molar-refractivity contribution in [1.82, 2.24) is 0 Å². The van der Waals surface area contributed by atoms with Crippen LogP contribution in [0.5, 0.6) is 5.75 Å². The fourth-order valence-electron chi connectivity index (χ4n) is 2.94. The number of ketones is 1. The highest BCUT2D eigenvalue weighted by molar-refractivity contribution is 7.19. The zero-order chi connectivity index (χ0) is 16.7. The highest BCUT2D eigenvalue weighted by Gasteiger charge is 2.22. The highest BCUT2D eigenvalue weighted by atomic mass is 32.1. The van der Waals surface area contributed by atoms with Crippen LogP contribution in [0.3, 0.4) is 0 Å². The summed E-state index contributed by atoms with van der Waals surface area (Å²) in [5, 5.41) is 11.0. The molecular weight excluding hydrogens is 304 g/mol. The molecule has 23 heavy (non-hydrogen) atoms. The van der Waals surface area contributed by atoms with Crippen LogP contribution in [0.1, 0.15) is 51.7 Å². The molecular formula is C20H20O2S. The van der Waals surface area contributed by atoms with Crippen molar-refractivity contribution in [2.24, 2.45) is 0 Å². The molecule has 0 atom stereocenters. The summed E-state index contributed by atoms with van der Waals surface area (Å²) in [4.78, 5) is 14.3. The van der Waals surface area contributed by atoms with Gasteiger partial charge >= 0.3 is 0 Å². The number of aryl methyl sites for hydroxylation is 2. The van der Waals surface area contributed by atoms with Crippen molar-refractivity contribution in [3.63, 3.8) is 0 Å². The number of fused-ring (bicyclic) bond motifs is 1. The second-order valence-electron chi connectivity index (χ2n) is 6.28. The lowest BCUT2D eigenvalue weighted by atomic mass is 9.94. The van der Waals surface area contributed by atoms with Crippen molar-refractivity contribution in [3.05, 3.63) is 63.5 Å². The van der Waals surface area contributed by atoms with Crippen molar-refractivity contribution >= 4 is 27.2 Å². The van der Waals surface area contributed by atoms with Crippen LogP contribution in [0, 0.1) is 13.8 Å².